The number of hydrogen-bond donors (Lipinski definition) is 1. The molecular formula is C12H23N3O. The third-order valence-corrected chi connectivity index (χ3v) is 2.73. The van der Waals surface area contributed by atoms with Crippen LogP contribution < -0.4 is 5.73 Å². The molecule has 0 spiro atoms. The quantitative estimate of drug-likeness (QED) is 0.691. The van der Waals surface area contributed by atoms with Gasteiger partial charge in [0.15, 0.2) is 0 Å². The summed E-state index contributed by atoms with van der Waals surface area (Å²) in [7, 11) is 0. The normalized spacial score (nSPS) is 12.9. The molecule has 1 heterocycles. The van der Waals surface area contributed by atoms with Crippen molar-refractivity contribution in [1.82, 2.24) is 10.2 Å². The van der Waals surface area contributed by atoms with Crippen molar-refractivity contribution >= 4 is 0 Å². The van der Waals surface area contributed by atoms with E-state index in [1.807, 2.05) is 6.92 Å². The minimum atomic E-state index is -0.110. The summed E-state index contributed by atoms with van der Waals surface area (Å²) < 4.78 is 5.50. The predicted molar refractivity (Wildman–Crippen MR) is 64.0 cm³/mol. The van der Waals surface area contributed by atoms with E-state index in [4.69, 9.17) is 10.2 Å². The second kappa shape index (κ2) is 7.39. The molecule has 0 saturated heterocycles. The Morgan fingerprint density at radius 1 is 1.12 bits per heavy atom. The highest BCUT2D eigenvalue weighted by Crippen LogP contribution is 2.13. The van der Waals surface area contributed by atoms with Crippen molar-refractivity contribution in [2.24, 2.45) is 5.73 Å². The van der Waals surface area contributed by atoms with Crippen LogP contribution in [0.15, 0.2) is 4.42 Å². The summed E-state index contributed by atoms with van der Waals surface area (Å²) in [5.41, 5.74) is 5.81. The van der Waals surface area contributed by atoms with Gasteiger partial charge in [0.1, 0.15) is 0 Å². The van der Waals surface area contributed by atoms with Crippen LogP contribution in [0.2, 0.25) is 0 Å². The monoisotopic (exact) mass is 225 g/mol. The molecule has 1 atom stereocenters. The molecule has 0 bridgehead atoms. The standard InChI is InChI=1S/C12H23N3O/c1-3-5-6-7-8-9-11-14-15-12(16-11)10(13)4-2/h10H,3-9,13H2,1-2H3. The Balaban J connectivity index is 2.24. The number of nitrogens with two attached hydrogens (primary N) is 1. The van der Waals surface area contributed by atoms with Crippen LogP contribution in [0, 0.1) is 0 Å². The third kappa shape index (κ3) is 4.31. The molecular weight excluding hydrogens is 202 g/mol. The zero-order valence-corrected chi connectivity index (χ0v) is 10.4. The second-order valence-corrected chi connectivity index (χ2v) is 4.21. The summed E-state index contributed by atoms with van der Waals surface area (Å²) in [5, 5.41) is 7.97. The molecule has 92 valence electrons. The number of nitrogens with zero attached hydrogens (tertiary/aromatic N) is 2. The summed E-state index contributed by atoms with van der Waals surface area (Å²) in [4.78, 5) is 0. The van der Waals surface area contributed by atoms with E-state index in [1.54, 1.807) is 0 Å². The van der Waals surface area contributed by atoms with Gasteiger partial charge in [-0.2, -0.15) is 0 Å². The average Bonchev–Trinajstić information content (AvgIpc) is 2.76. The Labute approximate surface area is 97.6 Å². The van der Waals surface area contributed by atoms with Crippen molar-refractivity contribution in [2.75, 3.05) is 0 Å². The first kappa shape index (κ1) is 13.2. The summed E-state index contributed by atoms with van der Waals surface area (Å²) in [5.74, 6) is 1.31. The number of hydrogen-bond acceptors (Lipinski definition) is 4. The third-order valence-electron chi connectivity index (χ3n) is 2.73. The lowest BCUT2D eigenvalue weighted by Gasteiger charge is -2.00. The first-order valence-corrected chi connectivity index (χ1v) is 6.35. The van der Waals surface area contributed by atoms with Crippen molar-refractivity contribution in [2.45, 2.75) is 64.8 Å². The molecule has 1 rings (SSSR count). The number of unbranched alkanes of at least 4 members (excludes halogenated alkanes) is 4. The van der Waals surface area contributed by atoms with Gasteiger partial charge in [0, 0.05) is 6.42 Å². The van der Waals surface area contributed by atoms with Crippen LogP contribution in [0.1, 0.15) is 70.2 Å². The molecule has 16 heavy (non-hydrogen) atoms. The van der Waals surface area contributed by atoms with Crippen molar-refractivity contribution in [3.05, 3.63) is 11.8 Å². The van der Waals surface area contributed by atoms with E-state index >= 15 is 0 Å². The summed E-state index contributed by atoms with van der Waals surface area (Å²) in [6.07, 6.45) is 7.97. The summed E-state index contributed by atoms with van der Waals surface area (Å²) >= 11 is 0. The number of aromatic nitrogens is 2. The van der Waals surface area contributed by atoms with E-state index in [9.17, 15) is 0 Å². The lowest BCUT2D eigenvalue weighted by atomic mass is 10.1. The Hall–Kier alpha value is -0.900. The highest BCUT2D eigenvalue weighted by atomic mass is 16.4. The van der Waals surface area contributed by atoms with E-state index in [0.717, 1.165) is 25.2 Å². The lowest BCUT2D eigenvalue weighted by Crippen LogP contribution is -2.08. The molecule has 4 heteroatoms. The summed E-state index contributed by atoms with van der Waals surface area (Å²) in [6, 6.07) is -0.110. The fourth-order valence-corrected chi connectivity index (χ4v) is 1.57. The highest BCUT2D eigenvalue weighted by Gasteiger charge is 2.11. The molecule has 1 aromatic heterocycles. The Bertz CT molecular complexity index is 286. The minimum absolute atomic E-state index is 0.110. The number of aryl methyl sites for hydroxylation is 1. The molecule has 1 unspecified atom stereocenters. The fraction of sp³-hybridized carbons (Fsp3) is 0.833. The highest BCUT2D eigenvalue weighted by molar-refractivity contribution is 4.88. The molecule has 0 radical (unpaired) electrons. The van der Waals surface area contributed by atoms with Crippen molar-refractivity contribution in [3.8, 4) is 0 Å². The lowest BCUT2D eigenvalue weighted by molar-refractivity contribution is 0.407. The van der Waals surface area contributed by atoms with Gasteiger partial charge in [-0.25, -0.2) is 0 Å². The van der Waals surface area contributed by atoms with Gasteiger partial charge in [-0.3, -0.25) is 0 Å². The topological polar surface area (TPSA) is 64.9 Å². The van der Waals surface area contributed by atoms with Gasteiger partial charge in [0.05, 0.1) is 6.04 Å². The first-order chi connectivity index (χ1) is 7.77. The van der Waals surface area contributed by atoms with Crippen molar-refractivity contribution in [1.29, 1.82) is 0 Å². The molecule has 1 aromatic rings. The zero-order chi connectivity index (χ0) is 11.8. The maximum atomic E-state index is 5.81. The molecule has 4 nitrogen and oxygen atoms in total. The van der Waals surface area contributed by atoms with Gasteiger partial charge in [-0.15, -0.1) is 10.2 Å². The maximum Gasteiger partial charge on any atom is 0.233 e. The molecule has 0 aliphatic heterocycles. The van der Waals surface area contributed by atoms with E-state index < -0.39 is 0 Å². The Morgan fingerprint density at radius 2 is 1.88 bits per heavy atom. The molecule has 2 N–H and O–H groups in total. The largest absolute Gasteiger partial charge is 0.424 e. The van der Waals surface area contributed by atoms with Gasteiger partial charge in [0.2, 0.25) is 11.8 Å². The van der Waals surface area contributed by atoms with Crippen LogP contribution in [-0.4, -0.2) is 10.2 Å². The van der Waals surface area contributed by atoms with Crippen LogP contribution in [0.3, 0.4) is 0 Å². The van der Waals surface area contributed by atoms with E-state index in [2.05, 4.69) is 17.1 Å². The van der Waals surface area contributed by atoms with Gasteiger partial charge < -0.3 is 10.2 Å². The van der Waals surface area contributed by atoms with E-state index in [1.165, 1.54) is 25.7 Å². The van der Waals surface area contributed by atoms with Crippen LogP contribution in [0.5, 0.6) is 0 Å². The van der Waals surface area contributed by atoms with Gasteiger partial charge in [-0.1, -0.05) is 39.5 Å². The van der Waals surface area contributed by atoms with Gasteiger partial charge in [-0.05, 0) is 12.8 Å². The molecule has 0 aliphatic carbocycles. The van der Waals surface area contributed by atoms with Crippen molar-refractivity contribution < 1.29 is 4.42 Å². The van der Waals surface area contributed by atoms with Crippen LogP contribution in [-0.2, 0) is 6.42 Å². The van der Waals surface area contributed by atoms with Gasteiger partial charge >= 0.3 is 0 Å². The maximum absolute atomic E-state index is 5.81. The van der Waals surface area contributed by atoms with Crippen molar-refractivity contribution in [3.63, 3.8) is 0 Å². The van der Waals surface area contributed by atoms with Crippen LogP contribution in [0.4, 0.5) is 0 Å². The molecule has 0 aromatic carbocycles. The SMILES string of the molecule is CCCCCCCc1nnc(C(N)CC)o1. The smallest absolute Gasteiger partial charge is 0.233 e. The molecule has 0 saturated carbocycles. The minimum Gasteiger partial charge on any atom is -0.424 e. The molecule has 0 amide bonds. The van der Waals surface area contributed by atoms with Gasteiger partial charge in [0.25, 0.3) is 0 Å². The average molecular weight is 225 g/mol. The first-order valence-electron chi connectivity index (χ1n) is 6.35. The summed E-state index contributed by atoms with van der Waals surface area (Å²) in [6.45, 7) is 4.23. The van der Waals surface area contributed by atoms with E-state index in [0.29, 0.717) is 5.89 Å². The Kier molecular flexibility index (Phi) is 6.08. The fourth-order valence-electron chi connectivity index (χ4n) is 1.57. The van der Waals surface area contributed by atoms with E-state index in [-0.39, 0.29) is 6.04 Å². The Morgan fingerprint density at radius 3 is 2.56 bits per heavy atom. The number of rotatable bonds is 8. The second-order valence-electron chi connectivity index (χ2n) is 4.21. The molecule has 0 aliphatic rings. The zero-order valence-electron chi connectivity index (χ0n) is 10.4. The van der Waals surface area contributed by atoms with Crippen LogP contribution >= 0.6 is 0 Å². The molecule has 0 fully saturated rings. The predicted octanol–water partition coefficient (Wildman–Crippen LogP) is 2.99. The van der Waals surface area contributed by atoms with Crippen LogP contribution in [0.25, 0.3) is 0 Å².